The van der Waals surface area contributed by atoms with Crippen molar-refractivity contribution in [3.63, 3.8) is 0 Å². The molecule has 2 heterocycles. The van der Waals surface area contributed by atoms with E-state index in [1.54, 1.807) is 12.1 Å². The second-order valence-corrected chi connectivity index (χ2v) is 8.12. The molecule has 1 fully saturated rings. The van der Waals surface area contributed by atoms with Gasteiger partial charge in [-0.2, -0.15) is 0 Å². The molecular weight excluding hydrogens is 364 g/mol. The first-order valence-electron chi connectivity index (χ1n) is 8.09. The van der Waals surface area contributed by atoms with E-state index >= 15 is 0 Å². The van der Waals surface area contributed by atoms with Gasteiger partial charge >= 0.3 is 0 Å². The Kier molecular flexibility index (Phi) is 5.81. The number of nitrogens with zero attached hydrogens (tertiary/aromatic N) is 1. The molecule has 3 rings (SSSR count). The number of rotatable bonds is 6. The molecule has 1 aliphatic rings. The van der Waals surface area contributed by atoms with Gasteiger partial charge in [0.15, 0.2) is 0 Å². The molecule has 1 aliphatic heterocycles. The average molecular weight is 385 g/mol. The number of halogens is 1. The number of benzene rings is 1. The van der Waals surface area contributed by atoms with Gasteiger partial charge in [0.25, 0.3) is 0 Å². The minimum atomic E-state index is -3.62. The zero-order chi connectivity index (χ0) is 17.9. The van der Waals surface area contributed by atoms with Crippen molar-refractivity contribution in [3.8, 4) is 0 Å². The van der Waals surface area contributed by atoms with Gasteiger partial charge in [-0.25, -0.2) is 13.1 Å². The van der Waals surface area contributed by atoms with Gasteiger partial charge in [-0.1, -0.05) is 11.6 Å². The minimum absolute atomic E-state index is 0.181. The molecule has 0 bridgehead atoms. The Morgan fingerprint density at radius 1 is 1.16 bits per heavy atom. The van der Waals surface area contributed by atoms with E-state index in [0.717, 1.165) is 24.6 Å². The van der Waals surface area contributed by atoms with Crippen molar-refractivity contribution in [2.75, 3.05) is 32.8 Å². The molecule has 1 unspecified atom stereocenters. The van der Waals surface area contributed by atoms with Crippen molar-refractivity contribution in [1.82, 2.24) is 9.62 Å². The van der Waals surface area contributed by atoms with E-state index in [9.17, 15) is 8.42 Å². The number of hydrogen-bond donors (Lipinski definition) is 1. The largest absolute Gasteiger partial charge is 0.465 e. The maximum absolute atomic E-state index is 12.5. The van der Waals surface area contributed by atoms with Crippen molar-refractivity contribution in [1.29, 1.82) is 0 Å². The summed E-state index contributed by atoms with van der Waals surface area (Å²) >= 11 is 5.83. The molecule has 1 saturated heterocycles. The van der Waals surface area contributed by atoms with Crippen LogP contribution < -0.4 is 4.72 Å². The van der Waals surface area contributed by atoms with E-state index in [-0.39, 0.29) is 17.5 Å². The fourth-order valence-corrected chi connectivity index (χ4v) is 3.98. The lowest BCUT2D eigenvalue weighted by molar-refractivity contribution is 0.0127. The smallest absolute Gasteiger partial charge is 0.240 e. The summed E-state index contributed by atoms with van der Waals surface area (Å²) in [6, 6.07) is 9.70. The Morgan fingerprint density at radius 3 is 2.44 bits per heavy atom. The number of ether oxygens (including phenoxy) is 1. The molecule has 8 heteroatoms. The SMILES string of the molecule is Cc1ccc(C(CNS(=O)(=O)c2ccc(Cl)cc2)N2CCOCC2)o1. The van der Waals surface area contributed by atoms with Crippen LogP contribution in [-0.4, -0.2) is 46.2 Å². The normalized spacial score (nSPS) is 17.5. The summed E-state index contributed by atoms with van der Waals surface area (Å²) in [4.78, 5) is 2.36. The van der Waals surface area contributed by atoms with Crippen molar-refractivity contribution in [3.05, 3.63) is 52.9 Å². The molecule has 136 valence electrons. The van der Waals surface area contributed by atoms with E-state index in [0.29, 0.717) is 18.2 Å². The van der Waals surface area contributed by atoms with E-state index in [1.165, 1.54) is 12.1 Å². The molecule has 1 aromatic carbocycles. The third kappa shape index (κ3) is 4.62. The van der Waals surface area contributed by atoms with Crippen LogP contribution in [0.2, 0.25) is 5.02 Å². The van der Waals surface area contributed by atoms with Crippen LogP contribution in [0.5, 0.6) is 0 Å². The topological polar surface area (TPSA) is 71.8 Å². The van der Waals surface area contributed by atoms with Crippen LogP contribution in [0.25, 0.3) is 0 Å². The van der Waals surface area contributed by atoms with Crippen LogP contribution in [0, 0.1) is 6.92 Å². The molecule has 0 spiro atoms. The predicted octanol–water partition coefficient (Wildman–Crippen LogP) is 2.59. The highest BCUT2D eigenvalue weighted by Crippen LogP contribution is 2.24. The Hall–Kier alpha value is -1.38. The van der Waals surface area contributed by atoms with Crippen molar-refractivity contribution < 1.29 is 17.6 Å². The number of morpholine rings is 1. The zero-order valence-electron chi connectivity index (χ0n) is 13.9. The summed E-state index contributed by atoms with van der Waals surface area (Å²) in [6.45, 7) is 4.80. The number of furan rings is 1. The van der Waals surface area contributed by atoms with Crippen molar-refractivity contribution in [2.45, 2.75) is 17.9 Å². The van der Waals surface area contributed by atoms with Gasteiger partial charge in [0.1, 0.15) is 11.5 Å². The molecule has 2 aromatic rings. The third-order valence-electron chi connectivity index (χ3n) is 4.17. The lowest BCUT2D eigenvalue weighted by Gasteiger charge is -2.33. The van der Waals surface area contributed by atoms with Crippen LogP contribution in [-0.2, 0) is 14.8 Å². The molecule has 0 saturated carbocycles. The molecular formula is C17H21ClN2O4S. The van der Waals surface area contributed by atoms with E-state index in [4.69, 9.17) is 20.8 Å². The summed E-state index contributed by atoms with van der Waals surface area (Å²) in [6.07, 6.45) is 0. The first kappa shape index (κ1) is 18.4. The summed E-state index contributed by atoms with van der Waals surface area (Å²) in [7, 11) is -3.62. The van der Waals surface area contributed by atoms with Crippen LogP contribution in [0.15, 0.2) is 45.7 Å². The first-order valence-corrected chi connectivity index (χ1v) is 9.95. The standard InChI is InChI=1S/C17H21ClN2O4S/c1-13-2-7-17(24-13)16(20-8-10-23-11-9-20)12-19-25(21,22)15-5-3-14(18)4-6-15/h2-7,16,19H,8-12H2,1H3. The Labute approximate surface area is 152 Å². The molecule has 0 aliphatic carbocycles. The molecule has 25 heavy (non-hydrogen) atoms. The van der Waals surface area contributed by atoms with E-state index in [1.807, 2.05) is 19.1 Å². The van der Waals surface area contributed by atoms with Gasteiger partial charge in [-0.3, -0.25) is 4.90 Å². The Morgan fingerprint density at radius 2 is 1.84 bits per heavy atom. The van der Waals surface area contributed by atoms with Gasteiger partial charge < -0.3 is 9.15 Å². The third-order valence-corrected chi connectivity index (χ3v) is 5.86. The Balaban J connectivity index is 1.76. The lowest BCUT2D eigenvalue weighted by atomic mass is 10.2. The lowest BCUT2D eigenvalue weighted by Crippen LogP contribution is -2.43. The van der Waals surface area contributed by atoms with E-state index < -0.39 is 10.0 Å². The zero-order valence-corrected chi connectivity index (χ0v) is 15.5. The molecule has 1 atom stereocenters. The second kappa shape index (κ2) is 7.88. The van der Waals surface area contributed by atoms with E-state index in [2.05, 4.69) is 9.62 Å². The second-order valence-electron chi connectivity index (χ2n) is 5.92. The fraction of sp³-hybridized carbons (Fsp3) is 0.412. The minimum Gasteiger partial charge on any atom is -0.465 e. The molecule has 0 radical (unpaired) electrons. The predicted molar refractivity (Wildman–Crippen MR) is 95.2 cm³/mol. The highest BCUT2D eigenvalue weighted by atomic mass is 35.5. The summed E-state index contributed by atoms with van der Waals surface area (Å²) in [5.41, 5.74) is 0. The van der Waals surface area contributed by atoms with Crippen LogP contribution in [0.4, 0.5) is 0 Å². The fourth-order valence-electron chi connectivity index (χ4n) is 2.82. The number of hydrogen-bond acceptors (Lipinski definition) is 5. The molecule has 1 aromatic heterocycles. The summed E-state index contributed by atoms with van der Waals surface area (Å²) in [5, 5.41) is 0.496. The maximum atomic E-state index is 12.5. The van der Waals surface area contributed by atoms with Crippen molar-refractivity contribution >= 4 is 21.6 Å². The molecule has 1 N–H and O–H groups in total. The average Bonchev–Trinajstić information content (AvgIpc) is 3.02. The van der Waals surface area contributed by atoms with Gasteiger partial charge in [-0.15, -0.1) is 0 Å². The Bertz CT molecular complexity index is 798. The van der Waals surface area contributed by atoms with Crippen LogP contribution in [0.3, 0.4) is 0 Å². The summed E-state index contributed by atoms with van der Waals surface area (Å²) < 4.78 is 38.9. The van der Waals surface area contributed by atoms with Crippen molar-refractivity contribution in [2.24, 2.45) is 0 Å². The van der Waals surface area contributed by atoms with Gasteiger partial charge in [0.2, 0.25) is 10.0 Å². The number of aryl methyl sites for hydroxylation is 1. The highest BCUT2D eigenvalue weighted by molar-refractivity contribution is 7.89. The monoisotopic (exact) mass is 384 g/mol. The van der Waals surface area contributed by atoms with Gasteiger partial charge in [0.05, 0.1) is 24.2 Å². The number of nitrogens with one attached hydrogen (secondary N) is 1. The maximum Gasteiger partial charge on any atom is 0.240 e. The molecule has 6 nitrogen and oxygen atoms in total. The van der Waals surface area contributed by atoms with Crippen LogP contribution >= 0.6 is 11.6 Å². The number of sulfonamides is 1. The quantitative estimate of drug-likeness (QED) is 0.828. The molecule has 0 amide bonds. The van der Waals surface area contributed by atoms with Gasteiger partial charge in [0, 0.05) is 24.7 Å². The highest BCUT2D eigenvalue weighted by Gasteiger charge is 2.27. The first-order chi connectivity index (χ1) is 12.0. The van der Waals surface area contributed by atoms with Gasteiger partial charge in [-0.05, 0) is 43.3 Å². The van der Waals surface area contributed by atoms with Crippen LogP contribution in [0.1, 0.15) is 17.6 Å². The summed E-state index contributed by atoms with van der Waals surface area (Å²) in [5.74, 6) is 1.55.